The minimum atomic E-state index is 0.888. The van der Waals surface area contributed by atoms with Gasteiger partial charge in [-0.3, -0.25) is 0 Å². The zero-order chi connectivity index (χ0) is 15.8. The van der Waals surface area contributed by atoms with E-state index < -0.39 is 0 Å². The van der Waals surface area contributed by atoms with Gasteiger partial charge in [-0.15, -0.1) is 11.3 Å². The SMILES string of the molecule is COCCCCCCCN(C)c1cc(=S)sc2ccccc12. The van der Waals surface area contributed by atoms with Crippen LogP contribution in [0.5, 0.6) is 0 Å². The van der Waals surface area contributed by atoms with Crippen LogP contribution in [0, 0.1) is 3.82 Å². The molecule has 0 aliphatic heterocycles. The van der Waals surface area contributed by atoms with Gasteiger partial charge in [0.15, 0.2) is 0 Å². The molecule has 0 saturated carbocycles. The fourth-order valence-electron chi connectivity index (χ4n) is 2.66. The summed E-state index contributed by atoms with van der Waals surface area (Å²) < 4.78 is 7.31. The van der Waals surface area contributed by atoms with E-state index in [1.165, 1.54) is 47.9 Å². The van der Waals surface area contributed by atoms with Crippen molar-refractivity contribution in [1.82, 2.24) is 0 Å². The molecule has 0 spiro atoms. The van der Waals surface area contributed by atoms with Gasteiger partial charge in [0.2, 0.25) is 0 Å². The Bertz CT molecular complexity index is 638. The van der Waals surface area contributed by atoms with E-state index in [4.69, 9.17) is 17.0 Å². The molecule has 0 fully saturated rings. The number of rotatable bonds is 9. The van der Waals surface area contributed by atoms with Crippen LogP contribution in [-0.2, 0) is 4.74 Å². The largest absolute Gasteiger partial charge is 0.385 e. The summed E-state index contributed by atoms with van der Waals surface area (Å²) in [6, 6.07) is 10.7. The topological polar surface area (TPSA) is 12.5 Å². The van der Waals surface area contributed by atoms with Crippen molar-refractivity contribution in [2.45, 2.75) is 32.1 Å². The molecule has 1 aromatic carbocycles. The van der Waals surface area contributed by atoms with Crippen LogP contribution in [0.4, 0.5) is 5.69 Å². The quantitative estimate of drug-likeness (QED) is 0.433. The predicted molar refractivity (Wildman–Crippen MR) is 101 cm³/mol. The second-order valence-corrected chi connectivity index (χ2v) is 7.41. The molecule has 0 aliphatic rings. The lowest BCUT2D eigenvalue weighted by Crippen LogP contribution is -2.18. The van der Waals surface area contributed by atoms with Crippen molar-refractivity contribution in [3.8, 4) is 0 Å². The van der Waals surface area contributed by atoms with Crippen molar-refractivity contribution in [1.29, 1.82) is 0 Å². The summed E-state index contributed by atoms with van der Waals surface area (Å²) in [6.45, 7) is 1.97. The highest BCUT2D eigenvalue weighted by Gasteiger charge is 2.06. The number of hydrogen-bond acceptors (Lipinski definition) is 4. The number of methoxy groups -OCH3 is 1. The molecule has 0 saturated heterocycles. The Balaban J connectivity index is 1.90. The standard InChI is InChI=1S/C18H25NOS2/c1-19(12-8-4-3-5-9-13-20-2)16-14-18(21)22-17-11-7-6-10-15(16)17/h6-7,10-11,14H,3-5,8-9,12-13H2,1-2H3. The first-order valence-electron chi connectivity index (χ1n) is 7.95. The molecule has 120 valence electrons. The molecule has 1 aromatic heterocycles. The Morgan fingerprint density at radius 1 is 1.09 bits per heavy atom. The summed E-state index contributed by atoms with van der Waals surface area (Å²) >= 11 is 7.11. The number of ether oxygens (including phenoxy) is 1. The molecule has 2 rings (SSSR count). The van der Waals surface area contributed by atoms with Gasteiger partial charge >= 0.3 is 0 Å². The van der Waals surface area contributed by atoms with E-state index in [0.717, 1.165) is 17.0 Å². The van der Waals surface area contributed by atoms with Gasteiger partial charge in [-0.25, -0.2) is 0 Å². The first-order chi connectivity index (χ1) is 10.7. The summed E-state index contributed by atoms with van der Waals surface area (Å²) in [5, 5.41) is 1.31. The molecule has 0 aliphatic carbocycles. The minimum Gasteiger partial charge on any atom is -0.385 e. The maximum absolute atomic E-state index is 5.42. The lowest BCUT2D eigenvalue weighted by Gasteiger charge is -2.21. The monoisotopic (exact) mass is 335 g/mol. The fourth-order valence-corrected chi connectivity index (χ4v) is 3.85. The smallest absolute Gasteiger partial charge is 0.0926 e. The molecule has 0 atom stereocenters. The molecule has 2 nitrogen and oxygen atoms in total. The number of nitrogens with zero attached hydrogens (tertiary/aromatic N) is 1. The summed E-state index contributed by atoms with van der Waals surface area (Å²) in [5.41, 5.74) is 1.26. The Kier molecular flexibility index (Phi) is 7.30. The summed E-state index contributed by atoms with van der Waals surface area (Å²) in [4.78, 5) is 2.35. The third-order valence-electron chi connectivity index (χ3n) is 3.88. The third-order valence-corrected chi connectivity index (χ3v) is 5.14. The summed E-state index contributed by atoms with van der Waals surface area (Å²) in [6.07, 6.45) is 6.24. The van der Waals surface area contributed by atoms with Crippen molar-refractivity contribution in [2.24, 2.45) is 0 Å². The Labute approximate surface area is 142 Å². The molecule has 2 aromatic rings. The number of fused-ring (bicyclic) bond motifs is 1. The zero-order valence-corrected chi connectivity index (χ0v) is 15.1. The molecule has 0 radical (unpaired) electrons. The van der Waals surface area contributed by atoms with Crippen LogP contribution in [0.15, 0.2) is 30.3 Å². The van der Waals surface area contributed by atoms with E-state index in [2.05, 4.69) is 42.3 Å². The van der Waals surface area contributed by atoms with Crippen LogP contribution >= 0.6 is 23.6 Å². The fraction of sp³-hybridized carbons (Fsp3) is 0.500. The van der Waals surface area contributed by atoms with Gasteiger partial charge in [-0.2, -0.15) is 0 Å². The van der Waals surface area contributed by atoms with Crippen LogP contribution in [0.25, 0.3) is 10.1 Å². The second kappa shape index (κ2) is 9.23. The Hall–Kier alpha value is -0.970. The van der Waals surface area contributed by atoms with Crippen LogP contribution < -0.4 is 4.90 Å². The van der Waals surface area contributed by atoms with E-state index in [-0.39, 0.29) is 0 Å². The average molecular weight is 336 g/mol. The van der Waals surface area contributed by atoms with Crippen molar-refractivity contribution < 1.29 is 4.74 Å². The lowest BCUT2D eigenvalue weighted by atomic mass is 10.1. The normalized spacial score (nSPS) is 11.0. The number of benzene rings is 1. The van der Waals surface area contributed by atoms with Gasteiger partial charge in [0.1, 0.15) is 0 Å². The van der Waals surface area contributed by atoms with E-state index in [1.807, 2.05) is 0 Å². The molecule has 22 heavy (non-hydrogen) atoms. The van der Waals surface area contributed by atoms with Crippen molar-refractivity contribution in [3.63, 3.8) is 0 Å². The molecular weight excluding hydrogens is 310 g/mol. The third kappa shape index (κ3) is 5.04. The predicted octanol–water partition coefficient (Wildman–Crippen LogP) is 5.66. The van der Waals surface area contributed by atoms with Gasteiger partial charge in [-0.1, -0.05) is 49.7 Å². The highest BCUT2D eigenvalue weighted by molar-refractivity contribution is 7.73. The van der Waals surface area contributed by atoms with Crippen LogP contribution in [-0.4, -0.2) is 27.3 Å². The van der Waals surface area contributed by atoms with E-state index in [1.54, 1.807) is 18.4 Å². The molecule has 0 bridgehead atoms. The zero-order valence-electron chi connectivity index (χ0n) is 13.5. The lowest BCUT2D eigenvalue weighted by molar-refractivity contribution is 0.192. The van der Waals surface area contributed by atoms with Crippen LogP contribution in [0.1, 0.15) is 32.1 Å². The number of anilines is 1. The highest BCUT2D eigenvalue weighted by Crippen LogP contribution is 2.30. The van der Waals surface area contributed by atoms with Gasteiger partial charge in [0, 0.05) is 43.1 Å². The molecule has 0 amide bonds. The maximum atomic E-state index is 5.42. The average Bonchev–Trinajstić information content (AvgIpc) is 2.53. The van der Waals surface area contributed by atoms with Crippen molar-refractivity contribution in [2.75, 3.05) is 32.2 Å². The molecule has 4 heteroatoms. The highest BCUT2D eigenvalue weighted by atomic mass is 32.1. The molecular formula is C18H25NOS2. The van der Waals surface area contributed by atoms with Gasteiger partial charge in [0.05, 0.1) is 3.82 Å². The number of unbranched alkanes of at least 4 members (excludes halogenated alkanes) is 4. The first kappa shape index (κ1) is 17.4. The molecule has 0 unspecified atom stereocenters. The van der Waals surface area contributed by atoms with Gasteiger partial charge < -0.3 is 9.64 Å². The first-order valence-corrected chi connectivity index (χ1v) is 9.18. The maximum Gasteiger partial charge on any atom is 0.0926 e. The molecule has 0 N–H and O–H groups in total. The van der Waals surface area contributed by atoms with Crippen molar-refractivity contribution in [3.05, 3.63) is 34.2 Å². The van der Waals surface area contributed by atoms with Gasteiger partial charge in [-0.05, 0) is 25.0 Å². The minimum absolute atomic E-state index is 0.888. The van der Waals surface area contributed by atoms with E-state index in [9.17, 15) is 0 Å². The summed E-state index contributed by atoms with van der Waals surface area (Å²) in [7, 11) is 3.94. The van der Waals surface area contributed by atoms with Crippen molar-refractivity contribution >= 4 is 39.3 Å². The Morgan fingerprint density at radius 3 is 2.64 bits per heavy atom. The van der Waals surface area contributed by atoms with Gasteiger partial charge in [0.25, 0.3) is 0 Å². The second-order valence-electron chi connectivity index (χ2n) is 5.63. The van der Waals surface area contributed by atoms with Crippen LogP contribution in [0.2, 0.25) is 0 Å². The Morgan fingerprint density at radius 2 is 1.82 bits per heavy atom. The van der Waals surface area contributed by atoms with Crippen LogP contribution in [0.3, 0.4) is 0 Å². The summed E-state index contributed by atoms with van der Waals surface area (Å²) in [5.74, 6) is 0. The number of hydrogen-bond donors (Lipinski definition) is 0. The van der Waals surface area contributed by atoms with E-state index >= 15 is 0 Å². The molecule has 1 heterocycles. The van der Waals surface area contributed by atoms with E-state index in [0.29, 0.717) is 0 Å².